The second kappa shape index (κ2) is 7.80. The molecule has 0 radical (unpaired) electrons. The number of aromatic nitrogens is 3. The summed E-state index contributed by atoms with van der Waals surface area (Å²) < 4.78 is 7.40. The maximum atomic E-state index is 12.6. The predicted molar refractivity (Wildman–Crippen MR) is 110 cm³/mol. The lowest BCUT2D eigenvalue weighted by molar-refractivity contribution is 0.0186. The van der Waals surface area contributed by atoms with E-state index in [9.17, 15) is 4.79 Å². The van der Waals surface area contributed by atoms with E-state index >= 15 is 0 Å². The van der Waals surface area contributed by atoms with Crippen molar-refractivity contribution in [1.29, 1.82) is 0 Å². The van der Waals surface area contributed by atoms with Gasteiger partial charge in [-0.05, 0) is 46.2 Å². The fourth-order valence-electron chi connectivity index (χ4n) is 3.05. The summed E-state index contributed by atoms with van der Waals surface area (Å²) in [7, 11) is 0. The molecule has 0 aliphatic carbocycles. The van der Waals surface area contributed by atoms with Crippen molar-refractivity contribution in [3.8, 4) is 11.3 Å². The van der Waals surface area contributed by atoms with Gasteiger partial charge < -0.3 is 14.0 Å². The molecule has 2 aromatic heterocycles. The molecule has 28 heavy (non-hydrogen) atoms. The summed E-state index contributed by atoms with van der Waals surface area (Å²) in [6.45, 7) is 10.1. The minimum absolute atomic E-state index is 0.146. The van der Waals surface area contributed by atoms with Crippen LogP contribution in [-0.4, -0.2) is 37.5 Å². The van der Waals surface area contributed by atoms with E-state index in [1.54, 1.807) is 11.1 Å². The van der Waals surface area contributed by atoms with Gasteiger partial charge in [0.05, 0.1) is 11.7 Å². The number of hydrogen-bond donors (Lipinski definition) is 0. The van der Waals surface area contributed by atoms with Crippen LogP contribution in [0.2, 0.25) is 5.15 Å². The summed E-state index contributed by atoms with van der Waals surface area (Å²) >= 11 is 6.27. The molecule has 1 atom stereocenters. The van der Waals surface area contributed by atoms with Crippen LogP contribution in [0, 0.1) is 0 Å². The van der Waals surface area contributed by atoms with Crippen LogP contribution in [0.5, 0.6) is 0 Å². The highest BCUT2D eigenvalue weighted by Crippen LogP contribution is 2.28. The Labute approximate surface area is 170 Å². The lowest BCUT2D eigenvalue weighted by Gasteiger charge is -2.31. The van der Waals surface area contributed by atoms with Gasteiger partial charge in [-0.25, -0.2) is 14.8 Å². The minimum Gasteiger partial charge on any atom is -0.444 e. The van der Waals surface area contributed by atoms with Crippen molar-refractivity contribution >= 4 is 23.3 Å². The molecule has 7 heteroatoms. The van der Waals surface area contributed by atoms with Gasteiger partial charge in [-0.3, -0.25) is 0 Å². The van der Waals surface area contributed by atoms with Crippen molar-refractivity contribution in [3.05, 3.63) is 53.6 Å². The third-order valence-corrected chi connectivity index (χ3v) is 4.69. The van der Waals surface area contributed by atoms with Crippen LogP contribution in [0.3, 0.4) is 0 Å². The molecule has 0 N–H and O–H groups in total. The average Bonchev–Trinajstić information content (AvgIpc) is 3.10. The van der Waals surface area contributed by atoms with Crippen molar-refractivity contribution in [2.75, 3.05) is 6.54 Å². The molecule has 0 fully saturated rings. The number of halogens is 1. The molecule has 0 aliphatic heterocycles. The molecule has 1 amide bonds. The molecule has 0 saturated heterocycles. The zero-order valence-electron chi connectivity index (χ0n) is 16.8. The first-order chi connectivity index (χ1) is 13.2. The number of hydrogen-bond acceptors (Lipinski definition) is 4. The molecule has 148 valence electrons. The minimum atomic E-state index is -0.535. The Morgan fingerprint density at radius 3 is 2.79 bits per heavy atom. The zero-order valence-corrected chi connectivity index (χ0v) is 17.6. The second-order valence-corrected chi connectivity index (χ2v) is 8.00. The van der Waals surface area contributed by atoms with Crippen molar-refractivity contribution < 1.29 is 9.53 Å². The van der Waals surface area contributed by atoms with Crippen molar-refractivity contribution in [1.82, 2.24) is 19.3 Å². The molecule has 0 unspecified atom stereocenters. The smallest absolute Gasteiger partial charge is 0.410 e. The number of carbonyl (C=O) groups excluding carboxylic acids is 1. The Bertz CT molecular complexity index is 993. The lowest BCUT2D eigenvalue weighted by Crippen LogP contribution is -2.38. The largest absolute Gasteiger partial charge is 0.444 e. The zero-order chi connectivity index (χ0) is 20.5. The lowest BCUT2D eigenvalue weighted by atomic mass is 10.0. The number of nitrogens with zero attached hydrogens (tertiary/aromatic N) is 4. The third-order valence-electron chi connectivity index (χ3n) is 4.43. The summed E-state index contributed by atoms with van der Waals surface area (Å²) in [5.74, 6) is 0. The first kappa shape index (κ1) is 20.1. The van der Waals surface area contributed by atoms with Crippen LogP contribution in [-0.2, 0) is 4.74 Å². The first-order valence-corrected chi connectivity index (χ1v) is 9.66. The van der Waals surface area contributed by atoms with Gasteiger partial charge in [0.15, 0.2) is 10.8 Å². The van der Waals surface area contributed by atoms with Crippen molar-refractivity contribution in [2.24, 2.45) is 0 Å². The topological polar surface area (TPSA) is 59.7 Å². The Hall–Kier alpha value is -2.60. The van der Waals surface area contributed by atoms with Gasteiger partial charge in [0.1, 0.15) is 5.60 Å². The number of benzene rings is 1. The molecule has 6 nitrogen and oxygen atoms in total. The number of fused-ring (bicyclic) bond motifs is 1. The molecule has 3 aromatic rings. The van der Waals surface area contributed by atoms with E-state index in [0.29, 0.717) is 17.3 Å². The molecule has 2 heterocycles. The second-order valence-electron chi connectivity index (χ2n) is 7.64. The summed E-state index contributed by atoms with van der Waals surface area (Å²) in [6.07, 6.45) is 5.09. The van der Waals surface area contributed by atoms with Gasteiger partial charge in [-0.15, -0.1) is 0 Å². The fourth-order valence-corrected chi connectivity index (χ4v) is 3.29. The van der Waals surface area contributed by atoms with Crippen LogP contribution in [0.25, 0.3) is 16.9 Å². The third kappa shape index (κ3) is 4.28. The predicted octanol–water partition coefficient (Wildman–Crippen LogP) is 5.37. The van der Waals surface area contributed by atoms with E-state index in [0.717, 1.165) is 16.8 Å². The van der Waals surface area contributed by atoms with E-state index in [2.05, 4.69) is 9.97 Å². The molecule has 1 aromatic carbocycles. The van der Waals surface area contributed by atoms with Crippen LogP contribution in [0.15, 0.2) is 42.9 Å². The Morgan fingerprint density at radius 1 is 1.36 bits per heavy atom. The number of rotatable bonds is 4. The van der Waals surface area contributed by atoms with Crippen molar-refractivity contribution in [3.63, 3.8) is 0 Å². The molecule has 0 bridgehead atoms. The van der Waals surface area contributed by atoms with Gasteiger partial charge in [-0.2, -0.15) is 0 Å². The molecular weight excluding hydrogens is 376 g/mol. The van der Waals surface area contributed by atoms with Crippen LogP contribution < -0.4 is 0 Å². The van der Waals surface area contributed by atoms with E-state index in [-0.39, 0.29) is 12.1 Å². The average molecular weight is 401 g/mol. The van der Waals surface area contributed by atoms with E-state index in [1.807, 2.05) is 75.7 Å². The normalized spacial score (nSPS) is 12.8. The monoisotopic (exact) mass is 400 g/mol. The molecule has 0 saturated carbocycles. The fraction of sp³-hybridized carbons (Fsp3) is 0.381. The number of amides is 1. The van der Waals surface area contributed by atoms with Gasteiger partial charge in [-0.1, -0.05) is 29.8 Å². The maximum Gasteiger partial charge on any atom is 0.410 e. The van der Waals surface area contributed by atoms with Crippen LogP contribution in [0.4, 0.5) is 4.79 Å². The highest BCUT2D eigenvalue weighted by Gasteiger charge is 2.25. The highest BCUT2D eigenvalue weighted by molar-refractivity contribution is 6.32. The van der Waals surface area contributed by atoms with Crippen molar-refractivity contribution in [2.45, 2.75) is 46.3 Å². The summed E-state index contributed by atoms with van der Waals surface area (Å²) in [5.41, 5.74) is 2.74. The Kier molecular flexibility index (Phi) is 5.61. The van der Waals surface area contributed by atoms with E-state index < -0.39 is 5.60 Å². The van der Waals surface area contributed by atoms with Gasteiger partial charge >= 0.3 is 6.09 Å². The summed E-state index contributed by atoms with van der Waals surface area (Å²) in [5, 5.41) is 0.352. The van der Waals surface area contributed by atoms with Crippen LogP contribution >= 0.6 is 11.6 Å². The van der Waals surface area contributed by atoms with Gasteiger partial charge in [0, 0.05) is 30.7 Å². The SMILES string of the molecule is CCN(C(=O)OC(C)(C)C)[C@H](C)c1cccc(-c2cn3ccnc3c(Cl)n2)c1. The summed E-state index contributed by atoms with van der Waals surface area (Å²) in [6, 6.07) is 7.81. The Morgan fingerprint density at radius 2 is 2.11 bits per heavy atom. The number of imidazole rings is 1. The quantitative estimate of drug-likeness (QED) is 0.590. The molecule has 3 rings (SSSR count). The van der Waals surface area contributed by atoms with E-state index in [1.165, 1.54) is 0 Å². The highest BCUT2D eigenvalue weighted by atomic mass is 35.5. The summed E-state index contributed by atoms with van der Waals surface area (Å²) in [4.78, 5) is 23.0. The molecule has 0 spiro atoms. The number of carbonyl (C=O) groups is 1. The standard InChI is InChI=1S/C21H25ClN4O2/c1-6-26(20(27)28-21(3,4)5)14(2)15-8-7-9-16(12-15)17-13-25-11-10-23-19(25)18(22)24-17/h7-14H,6H2,1-5H3/t14-/m1/s1. The van der Waals surface area contributed by atoms with Gasteiger partial charge in [0.2, 0.25) is 0 Å². The maximum absolute atomic E-state index is 12.6. The van der Waals surface area contributed by atoms with Gasteiger partial charge in [0.25, 0.3) is 0 Å². The molecule has 0 aliphatic rings. The Balaban J connectivity index is 1.92. The molecular formula is C21H25ClN4O2. The van der Waals surface area contributed by atoms with Crippen LogP contribution in [0.1, 0.15) is 46.2 Å². The van der Waals surface area contributed by atoms with E-state index in [4.69, 9.17) is 16.3 Å². The first-order valence-electron chi connectivity index (χ1n) is 9.28. The number of ether oxygens (including phenoxy) is 1.